The van der Waals surface area contributed by atoms with Crippen molar-refractivity contribution >= 4 is 10.8 Å². The molecule has 0 heterocycles. The van der Waals surface area contributed by atoms with Crippen molar-refractivity contribution in [3.05, 3.63) is 91.0 Å². The fourth-order valence-corrected chi connectivity index (χ4v) is 4.30. The number of hydrogen-bond donors (Lipinski definition) is 1. The average Bonchev–Trinajstić information content (AvgIpc) is 2.87. The van der Waals surface area contributed by atoms with Crippen LogP contribution in [0, 0.1) is 0 Å². The van der Waals surface area contributed by atoms with Crippen LogP contribution in [0.15, 0.2) is 79.9 Å². The lowest BCUT2D eigenvalue weighted by Crippen LogP contribution is -2.23. The predicted molar refractivity (Wildman–Crippen MR) is 101 cm³/mol. The van der Waals surface area contributed by atoms with E-state index in [1.54, 1.807) is 0 Å². The molecule has 0 saturated heterocycles. The molecule has 0 saturated carbocycles. The van der Waals surface area contributed by atoms with Gasteiger partial charge in [-0.15, -0.1) is 13.2 Å². The summed E-state index contributed by atoms with van der Waals surface area (Å²) < 4.78 is 0. The predicted octanol–water partition coefficient (Wildman–Crippen LogP) is 5.96. The Morgan fingerprint density at radius 3 is 2.17 bits per heavy atom. The van der Waals surface area contributed by atoms with E-state index in [1.807, 2.05) is 36.4 Å². The quantitative estimate of drug-likeness (QED) is 0.589. The Balaban J connectivity index is 2.19. The molecule has 0 amide bonds. The molecule has 1 aliphatic carbocycles. The Bertz CT molecular complexity index is 955. The van der Waals surface area contributed by atoms with Crippen LogP contribution in [0.3, 0.4) is 0 Å². The Hall–Kier alpha value is -2.80. The molecule has 118 valence electrons. The third-order valence-electron chi connectivity index (χ3n) is 5.24. The molecule has 0 aromatic heterocycles. The first-order chi connectivity index (χ1) is 11.7. The van der Waals surface area contributed by atoms with Crippen LogP contribution in [-0.2, 0) is 5.41 Å². The Kier molecular flexibility index (Phi) is 3.31. The zero-order valence-corrected chi connectivity index (χ0v) is 13.6. The third-order valence-corrected chi connectivity index (χ3v) is 5.24. The van der Waals surface area contributed by atoms with Gasteiger partial charge in [-0.3, -0.25) is 0 Å². The van der Waals surface area contributed by atoms with Crippen LogP contribution in [0.4, 0.5) is 0 Å². The molecule has 0 spiro atoms. The molecule has 0 atom stereocenters. The lowest BCUT2D eigenvalue weighted by Gasteiger charge is -2.30. The van der Waals surface area contributed by atoms with Gasteiger partial charge in [0.05, 0.1) is 0 Å². The van der Waals surface area contributed by atoms with Crippen molar-refractivity contribution in [3.63, 3.8) is 0 Å². The highest BCUT2D eigenvalue weighted by molar-refractivity contribution is 6.05. The van der Waals surface area contributed by atoms with E-state index in [1.165, 1.54) is 22.3 Å². The molecule has 3 aromatic carbocycles. The van der Waals surface area contributed by atoms with Crippen molar-refractivity contribution in [2.24, 2.45) is 0 Å². The highest BCUT2D eigenvalue weighted by Gasteiger charge is 2.42. The van der Waals surface area contributed by atoms with E-state index in [2.05, 4.69) is 43.5 Å². The highest BCUT2D eigenvalue weighted by Crippen LogP contribution is 2.56. The van der Waals surface area contributed by atoms with E-state index in [4.69, 9.17) is 0 Å². The number of benzene rings is 3. The average molecular weight is 312 g/mol. The van der Waals surface area contributed by atoms with Gasteiger partial charge in [0.15, 0.2) is 0 Å². The van der Waals surface area contributed by atoms with Crippen LogP contribution in [0.1, 0.15) is 24.0 Å². The van der Waals surface area contributed by atoms with Crippen molar-refractivity contribution in [3.8, 4) is 16.9 Å². The second-order valence-electron chi connectivity index (χ2n) is 6.48. The number of allylic oxidation sites excluding steroid dienone is 2. The summed E-state index contributed by atoms with van der Waals surface area (Å²) in [7, 11) is 0. The van der Waals surface area contributed by atoms with Gasteiger partial charge < -0.3 is 5.11 Å². The first-order valence-electron chi connectivity index (χ1n) is 8.30. The van der Waals surface area contributed by atoms with Crippen LogP contribution >= 0.6 is 0 Å². The summed E-state index contributed by atoms with van der Waals surface area (Å²) in [4.78, 5) is 0. The fraction of sp³-hybridized carbons (Fsp3) is 0.130. The van der Waals surface area contributed by atoms with Crippen LogP contribution < -0.4 is 0 Å². The SMILES string of the molecule is C=CCC1(CC=C)c2ccccc2-c2c1cc(O)c1ccccc21. The van der Waals surface area contributed by atoms with Crippen molar-refractivity contribution in [1.82, 2.24) is 0 Å². The van der Waals surface area contributed by atoms with Crippen molar-refractivity contribution in [2.75, 3.05) is 0 Å². The lowest BCUT2D eigenvalue weighted by molar-refractivity contribution is 0.476. The summed E-state index contributed by atoms with van der Waals surface area (Å²) in [6.07, 6.45) is 5.59. The zero-order valence-electron chi connectivity index (χ0n) is 13.6. The van der Waals surface area contributed by atoms with Crippen LogP contribution in [0.2, 0.25) is 0 Å². The summed E-state index contributed by atoms with van der Waals surface area (Å²) in [5, 5.41) is 12.6. The maximum Gasteiger partial charge on any atom is 0.123 e. The van der Waals surface area contributed by atoms with E-state index in [0.29, 0.717) is 5.75 Å². The van der Waals surface area contributed by atoms with Gasteiger partial charge in [0.25, 0.3) is 0 Å². The maximum absolute atomic E-state index is 10.6. The van der Waals surface area contributed by atoms with Crippen molar-refractivity contribution in [2.45, 2.75) is 18.3 Å². The maximum atomic E-state index is 10.6. The Morgan fingerprint density at radius 2 is 1.46 bits per heavy atom. The molecule has 1 aliphatic rings. The molecule has 0 aliphatic heterocycles. The molecule has 24 heavy (non-hydrogen) atoms. The van der Waals surface area contributed by atoms with E-state index in [0.717, 1.165) is 23.6 Å². The molecular formula is C23H20O. The standard InChI is InChI=1S/C23H20O/c1-3-13-23(14-4-2)19-12-8-7-11-18(19)22-17-10-6-5-9-16(17)21(24)15-20(22)23/h3-12,15,24H,1-2,13-14H2. The number of phenolic OH excluding ortho intramolecular Hbond substituents is 1. The van der Waals surface area contributed by atoms with Gasteiger partial charge in [-0.1, -0.05) is 60.7 Å². The molecule has 3 aromatic rings. The molecule has 0 radical (unpaired) electrons. The number of aromatic hydroxyl groups is 1. The van der Waals surface area contributed by atoms with E-state index >= 15 is 0 Å². The van der Waals surface area contributed by atoms with E-state index in [-0.39, 0.29) is 5.41 Å². The second kappa shape index (κ2) is 5.38. The molecule has 0 unspecified atom stereocenters. The number of fused-ring (bicyclic) bond motifs is 5. The summed E-state index contributed by atoms with van der Waals surface area (Å²) in [6, 6.07) is 18.6. The topological polar surface area (TPSA) is 20.2 Å². The highest BCUT2D eigenvalue weighted by atomic mass is 16.3. The molecule has 1 N–H and O–H groups in total. The number of phenols is 1. The lowest BCUT2D eigenvalue weighted by atomic mass is 9.72. The van der Waals surface area contributed by atoms with Gasteiger partial charge >= 0.3 is 0 Å². The Morgan fingerprint density at radius 1 is 0.833 bits per heavy atom. The van der Waals surface area contributed by atoms with Gasteiger partial charge in [-0.25, -0.2) is 0 Å². The zero-order chi connectivity index (χ0) is 16.7. The third kappa shape index (κ3) is 1.81. The monoisotopic (exact) mass is 312 g/mol. The molecule has 1 nitrogen and oxygen atoms in total. The van der Waals surface area contributed by atoms with E-state index in [9.17, 15) is 5.11 Å². The molecule has 1 heteroatoms. The van der Waals surface area contributed by atoms with Gasteiger partial charge in [0, 0.05) is 10.8 Å². The normalized spacial score (nSPS) is 14.2. The summed E-state index contributed by atoms with van der Waals surface area (Å²) >= 11 is 0. The number of hydrogen-bond acceptors (Lipinski definition) is 1. The van der Waals surface area contributed by atoms with Crippen molar-refractivity contribution in [1.29, 1.82) is 0 Å². The van der Waals surface area contributed by atoms with Crippen LogP contribution in [-0.4, -0.2) is 5.11 Å². The largest absolute Gasteiger partial charge is 0.507 e. The summed E-state index contributed by atoms with van der Waals surface area (Å²) in [5.41, 5.74) is 4.78. The first kappa shape index (κ1) is 14.8. The molecule has 0 bridgehead atoms. The minimum Gasteiger partial charge on any atom is -0.507 e. The molecule has 4 rings (SSSR count). The summed E-state index contributed by atoms with van der Waals surface area (Å²) in [5.74, 6) is 0.342. The van der Waals surface area contributed by atoms with Gasteiger partial charge in [0.2, 0.25) is 0 Å². The smallest absolute Gasteiger partial charge is 0.123 e. The second-order valence-corrected chi connectivity index (χ2v) is 6.48. The minimum absolute atomic E-state index is 0.197. The first-order valence-corrected chi connectivity index (χ1v) is 8.30. The number of rotatable bonds is 4. The van der Waals surface area contributed by atoms with Crippen LogP contribution in [0.5, 0.6) is 5.75 Å². The fourth-order valence-electron chi connectivity index (χ4n) is 4.30. The van der Waals surface area contributed by atoms with E-state index < -0.39 is 0 Å². The van der Waals surface area contributed by atoms with Gasteiger partial charge in [0.1, 0.15) is 5.75 Å². The van der Waals surface area contributed by atoms with Gasteiger partial charge in [-0.2, -0.15) is 0 Å². The molecular weight excluding hydrogens is 292 g/mol. The Labute approximate surface area is 142 Å². The van der Waals surface area contributed by atoms with Crippen LogP contribution in [0.25, 0.3) is 21.9 Å². The minimum atomic E-state index is -0.197. The van der Waals surface area contributed by atoms with Gasteiger partial charge in [-0.05, 0) is 46.5 Å². The summed E-state index contributed by atoms with van der Waals surface area (Å²) in [6.45, 7) is 7.97. The molecule has 0 fully saturated rings. The van der Waals surface area contributed by atoms with Crippen molar-refractivity contribution < 1.29 is 5.11 Å².